The fourth-order valence-electron chi connectivity index (χ4n) is 1.48. The molecule has 0 aliphatic carbocycles. The summed E-state index contributed by atoms with van der Waals surface area (Å²) in [7, 11) is 0. The van der Waals surface area contributed by atoms with Crippen LogP contribution < -0.4 is 5.32 Å². The molecule has 0 aliphatic rings. The topological polar surface area (TPSA) is 80.0 Å². The Kier molecular flexibility index (Phi) is 5.77. The molecule has 0 saturated carbocycles. The van der Waals surface area contributed by atoms with E-state index in [9.17, 15) is 4.79 Å². The third-order valence-corrected chi connectivity index (χ3v) is 2.72. The van der Waals surface area contributed by atoms with Crippen LogP contribution in [0.5, 0.6) is 0 Å². The molecule has 1 amide bonds. The molecule has 0 aliphatic heterocycles. The van der Waals surface area contributed by atoms with Crippen LogP contribution >= 0.6 is 0 Å². The first kappa shape index (κ1) is 14.6. The number of rotatable bonds is 7. The van der Waals surface area contributed by atoms with Crippen LogP contribution in [0.25, 0.3) is 0 Å². The van der Waals surface area contributed by atoms with E-state index in [4.69, 9.17) is 5.11 Å². The van der Waals surface area contributed by atoms with E-state index < -0.39 is 0 Å². The number of aromatic nitrogens is 3. The van der Waals surface area contributed by atoms with Gasteiger partial charge in [-0.05, 0) is 19.3 Å². The standard InChI is InChI=1S/C12H22N4O2/c1-9(2)4-6-13-12(18)10(3)16-8-11(5-7-17)14-15-16/h8-10,17H,4-7H2,1-3H3,(H,13,18). The minimum atomic E-state index is -0.378. The molecule has 6 nitrogen and oxygen atoms in total. The lowest BCUT2D eigenvalue weighted by molar-refractivity contribution is -0.124. The molecular formula is C12H22N4O2. The van der Waals surface area contributed by atoms with Crippen molar-refractivity contribution in [1.82, 2.24) is 20.3 Å². The van der Waals surface area contributed by atoms with Gasteiger partial charge in [0, 0.05) is 25.8 Å². The lowest BCUT2D eigenvalue weighted by Gasteiger charge is -2.12. The second-order valence-corrected chi connectivity index (χ2v) is 4.81. The zero-order chi connectivity index (χ0) is 13.5. The molecule has 1 rings (SSSR count). The summed E-state index contributed by atoms with van der Waals surface area (Å²) in [6.45, 7) is 6.73. The van der Waals surface area contributed by atoms with Crippen molar-refractivity contribution in [3.8, 4) is 0 Å². The van der Waals surface area contributed by atoms with E-state index in [1.165, 1.54) is 4.68 Å². The first-order chi connectivity index (χ1) is 8.54. The molecule has 0 aromatic carbocycles. The van der Waals surface area contributed by atoms with Crippen molar-refractivity contribution in [3.63, 3.8) is 0 Å². The van der Waals surface area contributed by atoms with Gasteiger partial charge in [-0.15, -0.1) is 5.10 Å². The molecule has 0 saturated heterocycles. The summed E-state index contributed by atoms with van der Waals surface area (Å²) in [6, 6.07) is -0.378. The Morgan fingerprint density at radius 3 is 2.83 bits per heavy atom. The van der Waals surface area contributed by atoms with Gasteiger partial charge >= 0.3 is 0 Å². The lowest BCUT2D eigenvalue weighted by Crippen LogP contribution is -2.32. The van der Waals surface area contributed by atoms with Crippen molar-refractivity contribution < 1.29 is 9.90 Å². The molecule has 0 radical (unpaired) electrons. The zero-order valence-corrected chi connectivity index (χ0v) is 11.3. The van der Waals surface area contributed by atoms with Crippen LogP contribution in [-0.2, 0) is 11.2 Å². The monoisotopic (exact) mass is 254 g/mol. The fraction of sp³-hybridized carbons (Fsp3) is 0.750. The highest BCUT2D eigenvalue weighted by atomic mass is 16.3. The number of nitrogens with one attached hydrogen (secondary N) is 1. The molecule has 1 aromatic heterocycles. The van der Waals surface area contributed by atoms with Crippen LogP contribution in [0.4, 0.5) is 0 Å². The van der Waals surface area contributed by atoms with Crippen LogP contribution in [0.3, 0.4) is 0 Å². The summed E-state index contributed by atoms with van der Waals surface area (Å²) in [5.74, 6) is 0.513. The second-order valence-electron chi connectivity index (χ2n) is 4.81. The summed E-state index contributed by atoms with van der Waals surface area (Å²) < 4.78 is 1.52. The number of nitrogens with zero attached hydrogens (tertiary/aromatic N) is 3. The Hall–Kier alpha value is -1.43. The fourth-order valence-corrected chi connectivity index (χ4v) is 1.48. The van der Waals surface area contributed by atoms with Gasteiger partial charge in [0.2, 0.25) is 5.91 Å². The van der Waals surface area contributed by atoms with E-state index in [-0.39, 0.29) is 18.6 Å². The SMILES string of the molecule is CC(C)CCNC(=O)C(C)n1cc(CCO)nn1. The summed E-state index contributed by atoms with van der Waals surface area (Å²) in [5.41, 5.74) is 0.694. The van der Waals surface area contributed by atoms with Crippen LogP contribution in [0.15, 0.2) is 6.20 Å². The maximum absolute atomic E-state index is 11.8. The van der Waals surface area contributed by atoms with Crippen LogP contribution in [0, 0.1) is 5.92 Å². The third-order valence-electron chi connectivity index (χ3n) is 2.72. The summed E-state index contributed by atoms with van der Waals surface area (Å²) in [5, 5.41) is 19.4. The molecule has 0 spiro atoms. The van der Waals surface area contributed by atoms with E-state index in [0.29, 0.717) is 24.6 Å². The highest BCUT2D eigenvalue weighted by molar-refractivity contribution is 5.79. The first-order valence-electron chi connectivity index (χ1n) is 6.34. The first-order valence-corrected chi connectivity index (χ1v) is 6.34. The van der Waals surface area contributed by atoms with Crippen molar-refractivity contribution in [3.05, 3.63) is 11.9 Å². The molecule has 1 aromatic rings. The minimum absolute atomic E-state index is 0.0354. The quantitative estimate of drug-likeness (QED) is 0.744. The van der Waals surface area contributed by atoms with Crippen molar-refractivity contribution in [1.29, 1.82) is 0 Å². The smallest absolute Gasteiger partial charge is 0.244 e. The molecule has 1 heterocycles. The van der Waals surface area contributed by atoms with Gasteiger partial charge in [0.05, 0.1) is 5.69 Å². The minimum Gasteiger partial charge on any atom is -0.396 e. The number of aliphatic hydroxyl groups is 1. The van der Waals surface area contributed by atoms with Crippen LogP contribution in [0.1, 0.15) is 38.9 Å². The average molecular weight is 254 g/mol. The Morgan fingerprint density at radius 1 is 1.50 bits per heavy atom. The molecule has 1 unspecified atom stereocenters. The van der Waals surface area contributed by atoms with Gasteiger partial charge in [0.1, 0.15) is 6.04 Å². The van der Waals surface area contributed by atoms with Crippen molar-refractivity contribution in [2.45, 2.75) is 39.7 Å². The van der Waals surface area contributed by atoms with E-state index in [1.54, 1.807) is 13.1 Å². The van der Waals surface area contributed by atoms with Crippen molar-refractivity contribution >= 4 is 5.91 Å². The maximum Gasteiger partial charge on any atom is 0.244 e. The molecule has 1 atom stereocenters. The summed E-state index contributed by atoms with van der Waals surface area (Å²) >= 11 is 0. The van der Waals surface area contributed by atoms with Gasteiger partial charge in [0.25, 0.3) is 0 Å². The second kappa shape index (κ2) is 7.10. The third kappa shape index (κ3) is 4.44. The van der Waals surface area contributed by atoms with Gasteiger partial charge in [-0.2, -0.15) is 0 Å². The average Bonchev–Trinajstić information content (AvgIpc) is 2.76. The predicted octanol–water partition coefficient (Wildman–Crippen LogP) is 0.536. The molecule has 0 fully saturated rings. The van der Waals surface area contributed by atoms with Crippen LogP contribution in [0.2, 0.25) is 0 Å². The molecule has 2 N–H and O–H groups in total. The number of carbonyl (C=O) groups excluding carboxylic acids is 1. The van der Waals surface area contributed by atoms with E-state index in [1.807, 2.05) is 0 Å². The number of hydrogen-bond donors (Lipinski definition) is 2. The Labute approximate surface area is 107 Å². The summed E-state index contributed by atoms with van der Waals surface area (Å²) in [6.07, 6.45) is 3.12. The predicted molar refractivity (Wildman–Crippen MR) is 68.0 cm³/mol. The van der Waals surface area contributed by atoms with Gasteiger partial charge in [-0.3, -0.25) is 4.79 Å². The highest BCUT2D eigenvalue weighted by Crippen LogP contribution is 2.05. The Morgan fingerprint density at radius 2 is 2.22 bits per heavy atom. The summed E-state index contributed by atoms with van der Waals surface area (Å²) in [4.78, 5) is 11.8. The largest absolute Gasteiger partial charge is 0.396 e. The molecule has 18 heavy (non-hydrogen) atoms. The van der Waals surface area contributed by atoms with E-state index >= 15 is 0 Å². The number of hydrogen-bond acceptors (Lipinski definition) is 4. The highest BCUT2D eigenvalue weighted by Gasteiger charge is 2.16. The van der Waals surface area contributed by atoms with Gasteiger partial charge < -0.3 is 10.4 Å². The number of aliphatic hydroxyl groups excluding tert-OH is 1. The van der Waals surface area contributed by atoms with Crippen molar-refractivity contribution in [2.75, 3.05) is 13.2 Å². The molecule has 102 valence electrons. The molecular weight excluding hydrogens is 232 g/mol. The van der Waals surface area contributed by atoms with Crippen LogP contribution in [-0.4, -0.2) is 39.2 Å². The Bertz CT molecular complexity index is 376. The van der Waals surface area contributed by atoms with E-state index in [0.717, 1.165) is 6.42 Å². The maximum atomic E-state index is 11.8. The van der Waals surface area contributed by atoms with Gasteiger partial charge in [0.15, 0.2) is 0 Å². The number of carbonyl (C=O) groups is 1. The normalized spacial score (nSPS) is 12.7. The van der Waals surface area contributed by atoms with Crippen molar-refractivity contribution in [2.24, 2.45) is 5.92 Å². The zero-order valence-electron chi connectivity index (χ0n) is 11.3. The lowest BCUT2D eigenvalue weighted by atomic mass is 10.1. The van der Waals surface area contributed by atoms with Gasteiger partial charge in [-0.1, -0.05) is 19.1 Å². The van der Waals surface area contributed by atoms with Gasteiger partial charge in [-0.25, -0.2) is 4.68 Å². The Balaban J connectivity index is 2.46. The molecule has 0 bridgehead atoms. The number of amides is 1. The molecule has 6 heteroatoms. The van der Waals surface area contributed by atoms with E-state index in [2.05, 4.69) is 29.5 Å².